The minimum Gasteiger partial charge on any atom is -0.464 e. The molecule has 1 aromatic rings. The molecule has 2 aliphatic carbocycles. The number of furan rings is 1. The lowest BCUT2D eigenvalue weighted by Gasteiger charge is -2.21. The van der Waals surface area contributed by atoms with Gasteiger partial charge < -0.3 is 14.6 Å². The summed E-state index contributed by atoms with van der Waals surface area (Å²) in [5.41, 5.74) is 0. The second-order valence-corrected chi connectivity index (χ2v) is 5.42. The van der Waals surface area contributed by atoms with Crippen LogP contribution in [0.25, 0.3) is 0 Å². The van der Waals surface area contributed by atoms with Gasteiger partial charge in [0.2, 0.25) is 5.91 Å². The third-order valence-corrected chi connectivity index (χ3v) is 3.55. The molecule has 98 valence electrons. The topological polar surface area (TPSA) is 45.5 Å². The minimum atomic E-state index is 0.207. The number of rotatable bonds is 6. The molecule has 18 heavy (non-hydrogen) atoms. The van der Waals surface area contributed by atoms with Crippen molar-refractivity contribution in [2.75, 3.05) is 6.54 Å². The molecule has 4 heteroatoms. The van der Waals surface area contributed by atoms with Gasteiger partial charge in [0.05, 0.1) is 13.1 Å². The van der Waals surface area contributed by atoms with Crippen molar-refractivity contribution in [3.63, 3.8) is 0 Å². The van der Waals surface area contributed by atoms with Crippen molar-refractivity contribution in [1.29, 1.82) is 0 Å². The van der Waals surface area contributed by atoms with E-state index in [-0.39, 0.29) is 5.91 Å². The number of carbonyl (C=O) groups excluding carboxylic acids is 1. The molecule has 0 bridgehead atoms. The van der Waals surface area contributed by atoms with Gasteiger partial charge in [0.25, 0.3) is 0 Å². The van der Waals surface area contributed by atoms with Crippen molar-refractivity contribution in [3.05, 3.63) is 23.7 Å². The smallest absolute Gasteiger partial charge is 0.237 e. The molecule has 0 aliphatic heterocycles. The van der Waals surface area contributed by atoms with E-state index in [0.717, 1.165) is 24.4 Å². The van der Waals surface area contributed by atoms with E-state index in [1.807, 2.05) is 24.0 Å². The Bertz CT molecular complexity index is 433. The predicted molar refractivity (Wildman–Crippen MR) is 68.0 cm³/mol. The van der Waals surface area contributed by atoms with Crippen LogP contribution in [0.3, 0.4) is 0 Å². The quantitative estimate of drug-likeness (QED) is 0.835. The first kappa shape index (κ1) is 11.8. The largest absolute Gasteiger partial charge is 0.464 e. The van der Waals surface area contributed by atoms with Gasteiger partial charge in [-0.15, -0.1) is 0 Å². The second kappa shape index (κ2) is 4.76. The molecule has 2 saturated carbocycles. The molecule has 0 saturated heterocycles. The van der Waals surface area contributed by atoms with E-state index < -0.39 is 0 Å². The minimum absolute atomic E-state index is 0.207. The van der Waals surface area contributed by atoms with E-state index in [1.165, 1.54) is 12.8 Å². The summed E-state index contributed by atoms with van der Waals surface area (Å²) in [6, 6.07) is 4.93. The van der Waals surface area contributed by atoms with Crippen LogP contribution in [-0.2, 0) is 11.3 Å². The lowest BCUT2D eigenvalue weighted by Crippen LogP contribution is -2.39. The highest BCUT2D eigenvalue weighted by molar-refractivity contribution is 5.79. The molecule has 0 atom stereocenters. The van der Waals surface area contributed by atoms with Gasteiger partial charge in [-0.1, -0.05) is 0 Å². The molecular formula is C14H20N2O2. The van der Waals surface area contributed by atoms with E-state index in [1.54, 1.807) is 0 Å². The fraction of sp³-hybridized carbons (Fsp3) is 0.643. The lowest BCUT2D eigenvalue weighted by molar-refractivity contribution is -0.131. The molecule has 0 spiro atoms. The number of nitrogens with zero attached hydrogens (tertiary/aromatic N) is 1. The molecule has 0 unspecified atom stereocenters. The highest BCUT2D eigenvalue weighted by Gasteiger charge is 2.33. The Balaban J connectivity index is 1.58. The van der Waals surface area contributed by atoms with Crippen LogP contribution < -0.4 is 5.32 Å². The molecule has 1 aromatic heterocycles. The summed E-state index contributed by atoms with van der Waals surface area (Å²) in [6.45, 7) is 3.02. The summed E-state index contributed by atoms with van der Waals surface area (Å²) in [5.74, 6) is 2.00. The van der Waals surface area contributed by atoms with E-state index in [2.05, 4.69) is 5.32 Å². The zero-order chi connectivity index (χ0) is 12.5. The Morgan fingerprint density at radius 3 is 2.72 bits per heavy atom. The third kappa shape index (κ3) is 2.93. The van der Waals surface area contributed by atoms with Crippen LogP contribution in [-0.4, -0.2) is 29.4 Å². The fourth-order valence-corrected chi connectivity index (χ4v) is 2.17. The van der Waals surface area contributed by atoms with Crippen molar-refractivity contribution in [1.82, 2.24) is 10.2 Å². The summed E-state index contributed by atoms with van der Waals surface area (Å²) in [4.78, 5) is 14.2. The molecule has 4 nitrogen and oxygen atoms in total. The molecule has 2 fully saturated rings. The monoisotopic (exact) mass is 248 g/mol. The van der Waals surface area contributed by atoms with Gasteiger partial charge in [-0.05, 0) is 44.7 Å². The Morgan fingerprint density at radius 2 is 2.17 bits per heavy atom. The Labute approximate surface area is 107 Å². The molecule has 0 radical (unpaired) electrons. The number of hydrogen-bond acceptors (Lipinski definition) is 3. The maximum absolute atomic E-state index is 12.2. The number of carbonyl (C=O) groups is 1. The van der Waals surface area contributed by atoms with Crippen LogP contribution in [0.5, 0.6) is 0 Å². The van der Waals surface area contributed by atoms with Crippen LogP contribution in [0.4, 0.5) is 0 Å². The Hall–Kier alpha value is -1.29. The van der Waals surface area contributed by atoms with Crippen LogP contribution >= 0.6 is 0 Å². The number of nitrogens with one attached hydrogen (secondary N) is 1. The van der Waals surface area contributed by atoms with Gasteiger partial charge in [0, 0.05) is 12.1 Å². The standard InChI is InChI=1S/C14H20N2O2/c1-10-2-7-13(18-10)9-16(12-5-6-12)14(17)8-15-11-3-4-11/h2,7,11-12,15H,3-6,8-9H2,1H3. The summed E-state index contributed by atoms with van der Waals surface area (Å²) in [7, 11) is 0. The third-order valence-electron chi connectivity index (χ3n) is 3.55. The SMILES string of the molecule is Cc1ccc(CN(C(=O)CNC2CC2)C2CC2)o1. The molecule has 1 amide bonds. The van der Waals surface area contributed by atoms with Crippen molar-refractivity contribution >= 4 is 5.91 Å². The Kier molecular flexibility index (Phi) is 3.12. The average molecular weight is 248 g/mol. The van der Waals surface area contributed by atoms with Gasteiger partial charge in [0.15, 0.2) is 0 Å². The van der Waals surface area contributed by atoms with E-state index in [0.29, 0.717) is 25.2 Å². The number of amides is 1. The number of aryl methyl sites for hydroxylation is 1. The van der Waals surface area contributed by atoms with Crippen molar-refractivity contribution in [3.8, 4) is 0 Å². The molecule has 2 aliphatic rings. The van der Waals surface area contributed by atoms with E-state index in [9.17, 15) is 4.79 Å². The average Bonchev–Trinajstić information content (AvgIpc) is 3.24. The molecule has 0 aromatic carbocycles. The lowest BCUT2D eigenvalue weighted by atomic mass is 10.3. The predicted octanol–water partition coefficient (Wildman–Crippen LogP) is 1.83. The highest BCUT2D eigenvalue weighted by atomic mass is 16.3. The van der Waals surface area contributed by atoms with Gasteiger partial charge in [-0.25, -0.2) is 0 Å². The first-order chi connectivity index (χ1) is 8.72. The van der Waals surface area contributed by atoms with E-state index in [4.69, 9.17) is 4.42 Å². The maximum atomic E-state index is 12.2. The zero-order valence-corrected chi connectivity index (χ0v) is 10.8. The first-order valence-electron chi connectivity index (χ1n) is 6.80. The second-order valence-electron chi connectivity index (χ2n) is 5.42. The molecule has 3 rings (SSSR count). The van der Waals surface area contributed by atoms with Crippen LogP contribution in [0, 0.1) is 6.92 Å². The van der Waals surface area contributed by atoms with Crippen molar-refractivity contribution in [2.45, 2.75) is 51.2 Å². The van der Waals surface area contributed by atoms with E-state index >= 15 is 0 Å². The molecule has 1 N–H and O–H groups in total. The van der Waals surface area contributed by atoms with Gasteiger partial charge in [-0.3, -0.25) is 4.79 Å². The highest BCUT2D eigenvalue weighted by Crippen LogP contribution is 2.29. The summed E-state index contributed by atoms with van der Waals surface area (Å²) >= 11 is 0. The van der Waals surface area contributed by atoms with Crippen LogP contribution in [0.1, 0.15) is 37.2 Å². The van der Waals surface area contributed by atoms with Crippen LogP contribution in [0.2, 0.25) is 0 Å². The first-order valence-corrected chi connectivity index (χ1v) is 6.80. The van der Waals surface area contributed by atoms with Gasteiger partial charge in [0.1, 0.15) is 11.5 Å². The summed E-state index contributed by atoms with van der Waals surface area (Å²) in [5, 5.41) is 3.29. The Morgan fingerprint density at radius 1 is 1.39 bits per heavy atom. The molecule has 1 heterocycles. The van der Waals surface area contributed by atoms with Gasteiger partial charge in [-0.2, -0.15) is 0 Å². The summed E-state index contributed by atoms with van der Waals surface area (Å²) < 4.78 is 5.57. The maximum Gasteiger partial charge on any atom is 0.237 e. The van der Waals surface area contributed by atoms with Crippen LogP contribution in [0.15, 0.2) is 16.5 Å². The normalized spacial score (nSPS) is 18.9. The molecular weight excluding hydrogens is 228 g/mol. The zero-order valence-electron chi connectivity index (χ0n) is 10.8. The fourth-order valence-electron chi connectivity index (χ4n) is 2.17. The number of hydrogen-bond donors (Lipinski definition) is 1. The van der Waals surface area contributed by atoms with Crippen molar-refractivity contribution in [2.24, 2.45) is 0 Å². The summed E-state index contributed by atoms with van der Waals surface area (Å²) in [6.07, 6.45) is 4.70. The van der Waals surface area contributed by atoms with Crippen molar-refractivity contribution < 1.29 is 9.21 Å². The van der Waals surface area contributed by atoms with Gasteiger partial charge >= 0.3 is 0 Å².